The topological polar surface area (TPSA) is 74.9 Å². The Hall–Kier alpha value is -5.11. The molecule has 1 heterocycles. The number of hydrogen-bond acceptors (Lipinski definition) is 4. The van der Waals surface area contributed by atoms with Crippen molar-refractivity contribution in [2.45, 2.75) is 26.4 Å². The number of para-hydroxylation sites is 1. The zero-order chi connectivity index (χ0) is 30.9. The molecule has 226 valence electrons. The van der Waals surface area contributed by atoms with Gasteiger partial charge < -0.3 is 24.3 Å². The van der Waals surface area contributed by atoms with Crippen LogP contribution in [0.5, 0.6) is 11.5 Å². The van der Waals surface area contributed by atoms with E-state index in [9.17, 15) is 14.0 Å². The van der Waals surface area contributed by atoms with E-state index >= 15 is 0 Å². The third-order valence-electron chi connectivity index (χ3n) is 7.52. The number of hydrogen-bond donors (Lipinski definition) is 1. The Balaban J connectivity index is 1.40. The summed E-state index contributed by atoms with van der Waals surface area (Å²) in [6.07, 6.45) is 2.62. The Bertz CT molecular complexity index is 1680. The molecule has 8 heteroatoms. The number of nitrogens with zero attached hydrogens (tertiary/aromatic N) is 2. The lowest BCUT2D eigenvalue weighted by atomic mass is 10.1. The van der Waals surface area contributed by atoms with Gasteiger partial charge in [0.05, 0.1) is 13.7 Å². The van der Waals surface area contributed by atoms with Crippen LogP contribution in [0.2, 0.25) is 0 Å². The van der Waals surface area contributed by atoms with Crippen molar-refractivity contribution in [1.29, 1.82) is 0 Å². The Morgan fingerprint density at radius 1 is 0.795 bits per heavy atom. The molecule has 2 amide bonds. The number of ether oxygens (including phenoxy) is 2. The van der Waals surface area contributed by atoms with E-state index in [1.54, 1.807) is 48.4 Å². The highest BCUT2D eigenvalue weighted by Crippen LogP contribution is 2.21. The average molecular weight is 594 g/mol. The minimum Gasteiger partial charge on any atom is -0.497 e. The van der Waals surface area contributed by atoms with Crippen LogP contribution in [0.4, 0.5) is 4.39 Å². The second kappa shape index (κ2) is 14.4. The number of methoxy groups -OCH3 is 1. The predicted octanol–water partition coefficient (Wildman–Crippen LogP) is 6.63. The summed E-state index contributed by atoms with van der Waals surface area (Å²) in [5, 5.41) is 1.12. The average Bonchev–Trinajstić information content (AvgIpc) is 3.47. The normalized spacial score (nSPS) is 10.9. The molecule has 44 heavy (non-hydrogen) atoms. The second-order valence-electron chi connectivity index (χ2n) is 10.5. The third-order valence-corrected chi connectivity index (χ3v) is 7.52. The number of carbonyl (C=O) groups is 2. The standard InChI is InChI=1S/C36H36FN3O4/c1-3-44-32-16-10-27(11-17-32)23-39(21-20-29-22-38-34-7-5-4-6-33(29)34)35(41)25-40(24-26-8-14-30(37)15-9-26)36(42)28-12-18-31(43-2)19-13-28/h4-19,22,38H,3,20-21,23-25H2,1-2H3. The van der Waals surface area contributed by atoms with Gasteiger partial charge in [0, 0.05) is 42.3 Å². The van der Waals surface area contributed by atoms with Gasteiger partial charge in [0.2, 0.25) is 5.91 Å². The number of carbonyl (C=O) groups excluding carboxylic acids is 2. The zero-order valence-electron chi connectivity index (χ0n) is 25.0. The van der Waals surface area contributed by atoms with Gasteiger partial charge in [-0.15, -0.1) is 0 Å². The van der Waals surface area contributed by atoms with Crippen molar-refractivity contribution in [2.24, 2.45) is 0 Å². The molecule has 0 spiro atoms. The number of amides is 2. The van der Waals surface area contributed by atoms with Crippen LogP contribution in [0, 0.1) is 5.82 Å². The molecule has 0 saturated carbocycles. The van der Waals surface area contributed by atoms with Gasteiger partial charge in [0.25, 0.3) is 5.91 Å². The predicted molar refractivity (Wildman–Crippen MR) is 169 cm³/mol. The minimum atomic E-state index is -0.364. The lowest BCUT2D eigenvalue weighted by Gasteiger charge is -2.28. The molecule has 0 aliphatic heterocycles. The first-order valence-electron chi connectivity index (χ1n) is 14.7. The van der Waals surface area contributed by atoms with Crippen molar-refractivity contribution in [1.82, 2.24) is 14.8 Å². The fourth-order valence-corrected chi connectivity index (χ4v) is 5.15. The summed E-state index contributed by atoms with van der Waals surface area (Å²) in [7, 11) is 1.56. The van der Waals surface area contributed by atoms with Crippen LogP contribution in [0.15, 0.2) is 103 Å². The molecule has 0 aliphatic rings. The molecule has 0 aliphatic carbocycles. The van der Waals surface area contributed by atoms with Crippen molar-refractivity contribution in [2.75, 3.05) is 26.8 Å². The van der Waals surface area contributed by atoms with Gasteiger partial charge in [0.15, 0.2) is 0 Å². The number of fused-ring (bicyclic) bond motifs is 1. The monoisotopic (exact) mass is 593 g/mol. The molecule has 0 bridgehead atoms. The summed E-state index contributed by atoms with van der Waals surface area (Å²) in [5.74, 6) is 0.535. The molecular formula is C36H36FN3O4. The van der Waals surface area contributed by atoms with Crippen LogP contribution in [-0.2, 0) is 24.3 Å². The van der Waals surface area contributed by atoms with Crippen molar-refractivity contribution in [3.05, 3.63) is 131 Å². The van der Waals surface area contributed by atoms with Crippen molar-refractivity contribution in [3.8, 4) is 11.5 Å². The second-order valence-corrected chi connectivity index (χ2v) is 10.5. The first-order valence-corrected chi connectivity index (χ1v) is 14.7. The molecule has 0 atom stereocenters. The SMILES string of the molecule is CCOc1ccc(CN(CCc2c[nH]c3ccccc23)C(=O)CN(Cc2ccc(F)cc2)C(=O)c2ccc(OC)cc2)cc1. The van der Waals surface area contributed by atoms with Crippen LogP contribution >= 0.6 is 0 Å². The number of aromatic amines is 1. The Kier molecular flexibility index (Phi) is 9.92. The molecule has 0 unspecified atom stereocenters. The smallest absolute Gasteiger partial charge is 0.254 e. The summed E-state index contributed by atoms with van der Waals surface area (Å²) in [4.78, 5) is 34.4. The maximum atomic E-state index is 14.1. The first kappa shape index (κ1) is 30.4. The van der Waals surface area contributed by atoms with Crippen LogP contribution in [0.3, 0.4) is 0 Å². The van der Waals surface area contributed by atoms with Gasteiger partial charge >= 0.3 is 0 Å². The van der Waals surface area contributed by atoms with Crippen molar-refractivity contribution < 1.29 is 23.5 Å². The minimum absolute atomic E-state index is 0.146. The molecule has 1 aromatic heterocycles. The van der Waals surface area contributed by atoms with E-state index in [0.717, 1.165) is 33.3 Å². The molecule has 0 fully saturated rings. The van der Waals surface area contributed by atoms with E-state index in [-0.39, 0.29) is 30.7 Å². The lowest BCUT2D eigenvalue weighted by molar-refractivity contribution is -0.132. The molecule has 0 radical (unpaired) electrons. The van der Waals surface area contributed by atoms with Crippen LogP contribution < -0.4 is 9.47 Å². The molecule has 4 aromatic carbocycles. The van der Waals surface area contributed by atoms with E-state index in [2.05, 4.69) is 11.1 Å². The van der Waals surface area contributed by atoms with Crippen molar-refractivity contribution in [3.63, 3.8) is 0 Å². The summed E-state index contributed by atoms with van der Waals surface area (Å²) in [6.45, 7) is 3.33. The maximum absolute atomic E-state index is 14.1. The van der Waals surface area contributed by atoms with Gasteiger partial charge in [0.1, 0.15) is 23.9 Å². The van der Waals surface area contributed by atoms with E-state index < -0.39 is 0 Å². The number of halogens is 1. The summed E-state index contributed by atoms with van der Waals surface area (Å²) >= 11 is 0. The van der Waals surface area contributed by atoms with Gasteiger partial charge in [-0.3, -0.25) is 9.59 Å². The lowest BCUT2D eigenvalue weighted by Crippen LogP contribution is -2.43. The highest BCUT2D eigenvalue weighted by Gasteiger charge is 2.24. The van der Waals surface area contributed by atoms with Crippen LogP contribution in [0.25, 0.3) is 10.9 Å². The maximum Gasteiger partial charge on any atom is 0.254 e. The van der Waals surface area contributed by atoms with E-state index in [4.69, 9.17) is 9.47 Å². The zero-order valence-corrected chi connectivity index (χ0v) is 25.0. The van der Waals surface area contributed by atoms with Crippen molar-refractivity contribution >= 4 is 22.7 Å². The van der Waals surface area contributed by atoms with Gasteiger partial charge in [-0.05, 0) is 84.6 Å². The number of aromatic nitrogens is 1. The summed E-state index contributed by atoms with van der Waals surface area (Å²) < 4.78 is 24.5. The van der Waals surface area contributed by atoms with Crippen LogP contribution in [0.1, 0.15) is 34.0 Å². The Labute approximate surface area is 256 Å². The van der Waals surface area contributed by atoms with Crippen LogP contribution in [-0.4, -0.2) is 53.4 Å². The molecule has 0 saturated heterocycles. The molecule has 5 aromatic rings. The van der Waals surface area contributed by atoms with Gasteiger partial charge in [-0.25, -0.2) is 4.39 Å². The highest BCUT2D eigenvalue weighted by atomic mass is 19.1. The molecule has 5 rings (SSSR count). The number of benzene rings is 4. The quantitative estimate of drug-likeness (QED) is 0.166. The Morgan fingerprint density at radius 3 is 2.11 bits per heavy atom. The summed E-state index contributed by atoms with van der Waals surface area (Å²) in [5.41, 5.74) is 4.26. The number of nitrogens with one attached hydrogen (secondary N) is 1. The van der Waals surface area contributed by atoms with E-state index in [1.807, 2.05) is 55.6 Å². The van der Waals surface area contributed by atoms with Gasteiger partial charge in [-0.1, -0.05) is 42.5 Å². The summed E-state index contributed by atoms with van der Waals surface area (Å²) in [6, 6.07) is 28.5. The largest absolute Gasteiger partial charge is 0.497 e. The fraction of sp³-hybridized carbons (Fsp3) is 0.222. The Morgan fingerprint density at radius 2 is 1.43 bits per heavy atom. The molecule has 7 nitrogen and oxygen atoms in total. The van der Waals surface area contributed by atoms with E-state index in [0.29, 0.717) is 37.4 Å². The van der Waals surface area contributed by atoms with E-state index in [1.165, 1.54) is 17.0 Å². The molecular weight excluding hydrogens is 557 g/mol. The fourth-order valence-electron chi connectivity index (χ4n) is 5.15. The number of rotatable bonds is 13. The van der Waals surface area contributed by atoms with Gasteiger partial charge in [-0.2, -0.15) is 0 Å². The molecule has 1 N–H and O–H groups in total. The third kappa shape index (κ3) is 7.64. The first-order chi connectivity index (χ1) is 21.4. The highest BCUT2D eigenvalue weighted by molar-refractivity contribution is 5.96. The number of H-pyrrole nitrogens is 1.